The molecule has 6 heteroatoms. The average Bonchev–Trinajstić information content (AvgIpc) is 2.84. The second kappa shape index (κ2) is 6.05. The van der Waals surface area contributed by atoms with E-state index in [1.807, 2.05) is 20.8 Å². The smallest absolute Gasteiger partial charge is 0.241 e. The number of nitrogens with one attached hydrogen (secondary N) is 1. The summed E-state index contributed by atoms with van der Waals surface area (Å²) in [5.41, 5.74) is 7.39. The van der Waals surface area contributed by atoms with E-state index in [-0.39, 0.29) is 11.8 Å². The zero-order valence-corrected chi connectivity index (χ0v) is 12.3. The molecule has 5 nitrogen and oxygen atoms in total. The first-order valence-electron chi connectivity index (χ1n) is 6.76. The van der Waals surface area contributed by atoms with Gasteiger partial charge in [0.2, 0.25) is 5.91 Å². The topological polar surface area (TPSA) is 72.9 Å². The van der Waals surface area contributed by atoms with Crippen LogP contribution in [0.25, 0.3) is 5.69 Å². The van der Waals surface area contributed by atoms with Crippen LogP contribution in [-0.2, 0) is 4.79 Å². The van der Waals surface area contributed by atoms with Crippen molar-refractivity contribution in [2.75, 3.05) is 5.32 Å². The monoisotopic (exact) mass is 290 g/mol. The first-order chi connectivity index (χ1) is 9.88. The molecular weight excluding hydrogens is 271 g/mol. The van der Waals surface area contributed by atoms with Gasteiger partial charge in [-0.15, -0.1) is 0 Å². The normalized spacial score (nSPS) is 12.5. The Morgan fingerprint density at radius 1 is 1.43 bits per heavy atom. The zero-order valence-electron chi connectivity index (χ0n) is 12.3. The Kier molecular flexibility index (Phi) is 4.37. The molecule has 0 unspecified atom stereocenters. The molecule has 0 spiro atoms. The Balaban J connectivity index is 2.18. The molecule has 0 bridgehead atoms. The number of amides is 1. The number of anilines is 1. The van der Waals surface area contributed by atoms with Crippen LogP contribution in [-0.4, -0.2) is 21.7 Å². The van der Waals surface area contributed by atoms with Gasteiger partial charge in [0.1, 0.15) is 5.69 Å². The van der Waals surface area contributed by atoms with E-state index >= 15 is 0 Å². The summed E-state index contributed by atoms with van der Waals surface area (Å²) in [5, 5.41) is 6.67. The third-order valence-electron chi connectivity index (χ3n) is 3.19. The molecule has 112 valence electrons. The van der Waals surface area contributed by atoms with E-state index in [0.29, 0.717) is 11.4 Å². The third kappa shape index (κ3) is 3.46. The van der Waals surface area contributed by atoms with Gasteiger partial charge in [-0.25, -0.2) is 9.07 Å². The number of nitrogens with two attached hydrogens (primary N) is 1. The molecule has 2 aromatic rings. The van der Waals surface area contributed by atoms with Crippen LogP contribution in [0.3, 0.4) is 0 Å². The maximum atomic E-state index is 14.1. The molecule has 1 aromatic heterocycles. The second-order valence-electron chi connectivity index (χ2n) is 5.39. The van der Waals surface area contributed by atoms with E-state index in [1.165, 1.54) is 10.7 Å². The molecule has 3 N–H and O–H groups in total. The molecule has 0 saturated carbocycles. The van der Waals surface area contributed by atoms with Crippen LogP contribution in [0, 0.1) is 18.7 Å². The Bertz CT molecular complexity index is 651. The van der Waals surface area contributed by atoms with Gasteiger partial charge in [-0.3, -0.25) is 4.79 Å². The fourth-order valence-electron chi connectivity index (χ4n) is 1.84. The van der Waals surface area contributed by atoms with Gasteiger partial charge < -0.3 is 11.1 Å². The van der Waals surface area contributed by atoms with Crippen molar-refractivity contribution in [3.05, 3.63) is 42.0 Å². The number of aryl methyl sites for hydroxylation is 1. The number of rotatable bonds is 4. The van der Waals surface area contributed by atoms with E-state index in [9.17, 15) is 9.18 Å². The van der Waals surface area contributed by atoms with Crippen molar-refractivity contribution < 1.29 is 9.18 Å². The Labute approximate surface area is 123 Å². The largest absolute Gasteiger partial charge is 0.325 e. The molecule has 0 aliphatic rings. The molecule has 0 radical (unpaired) electrons. The lowest BCUT2D eigenvalue weighted by atomic mass is 10.0. The minimum Gasteiger partial charge on any atom is -0.325 e. The summed E-state index contributed by atoms with van der Waals surface area (Å²) in [6.07, 6.45) is 3.38. The summed E-state index contributed by atoms with van der Waals surface area (Å²) in [7, 11) is 0. The summed E-state index contributed by atoms with van der Waals surface area (Å²) < 4.78 is 15.6. The Morgan fingerprint density at radius 2 is 2.14 bits per heavy atom. The van der Waals surface area contributed by atoms with E-state index in [4.69, 9.17) is 5.73 Å². The van der Waals surface area contributed by atoms with Crippen molar-refractivity contribution in [3.8, 4) is 5.69 Å². The highest BCUT2D eigenvalue weighted by Gasteiger charge is 2.17. The molecule has 21 heavy (non-hydrogen) atoms. The van der Waals surface area contributed by atoms with Crippen LogP contribution < -0.4 is 11.1 Å². The van der Waals surface area contributed by atoms with Crippen LogP contribution in [0.15, 0.2) is 30.6 Å². The van der Waals surface area contributed by atoms with Gasteiger partial charge in [0.05, 0.1) is 12.2 Å². The number of aromatic nitrogens is 2. The van der Waals surface area contributed by atoms with Gasteiger partial charge in [-0.2, -0.15) is 5.10 Å². The molecule has 1 amide bonds. The minimum atomic E-state index is -0.624. The van der Waals surface area contributed by atoms with Crippen LogP contribution >= 0.6 is 0 Å². The first-order valence-corrected chi connectivity index (χ1v) is 6.76. The van der Waals surface area contributed by atoms with E-state index < -0.39 is 11.9 Å². The van der Waals surface area contributed by atoms with Crippen LogP contribution in [0.4, 0.5) is 10.1 Å². The van der Waals surface area contributed by atoms with Crippen LogP contribution in [0.1, 0.15) is 19.4 Å². The van der Waals surface area contributed by atoms with Crippen LogP contribution in [0.5, 0.6) is 0 Å². The van der Waals surface area contributed by atoms with Crippen molar-refractivity contribution in [3.63, 3.8) is 0 Å². The molecule has 1 atom stereocenters. The SMILES string of the molecule is Cc1cnn(-c2ccc(NC(=O)[C@@H](N)C(C)C)cc2F)c1. The van der Waals surface area contributed by atoms with E-state index in [2.05, 4.69) is 10.4 Å². The Morgan fingerprint density at radius 3 is 2.67 bits per heavy atom. The molecule has 1 heterocycles. The predicted molar refractivity (Wildman–Crippen MR) is 79.7 cm³/mol. The lowest BCUT2D eigenvalue weighted by Gasteiger charge is -2.15. The average molecular weight is 290 g/mol. The number of hydrogen-bond donors (Lipinski definition) is 2. The number of carbonyl (C=O) groups excluding carboxylic acids is 1. The molecule has 1 aromatic carbocycles. The Hall–Kier alpha value is -2.21. The quantitative estimate of drug-likeness (QED) is 0.907. The highest BCUT2D eigenvalue weighted by molar-refractivity contribution is 5.94. The lowest BCUT2D eigenvalue weighted by molar-refractivity contribution is -0.118. The number of halogens is 1. The van der Waals surface area contributed by atoms with Crippen molar-refractivity contribution in [2.45, 2.75) is 26.8 Å². The van der Waals surface area contributed by atoms with Gasteiger partial charge in [0, 0.05) is 11.9 Å². The fraction of sp³-hybridized carbons (Fsp3) is 0.333. The summed E-state index contributed by atoms with van der Waals surface area (Å²) in [6, 6.07) is 3.83. The summed E-state index contributed by atoms with van der Waals surface area (Å²) in [4.78, 5) is 11.8. The van der Waals surface area contributed by atoms with Gasteiger partial charge >= 0.3 is 0 Å². The van der Waals surface area contributed by atoms with Crippen LogP contribution in [0.2, 0.25) is 0 Å². The standard InChI is InChI=1S/C15H19FN4O/c1-9(2)14(17)15(21)19-11-4-5-13(12(16)6-11)20-8-10(3)7-18-20/h4-9,14H,17H2,1-3H3,(H,19,21)/t14-/m0/s1. The minimum absolute atomic E-state index is 0.0150. The van der Waals surface area contributed by atoms with Crippen molar-refractivity contribution in [2.24, 2.45) is 11.7 Å². The fourth-order valence-corrected chi connectivity index (χ4v) is 1.84. The van der Waals surface area contributed by atoms with Crippen molar-refractivity contribution in [1.82, 2.24) is 9.78 Å². The van der Waals surface area contributed by atoms with Crippen molar-refractivity contribution >= 4 is 11.6 Å². The van der Waals surface area contributed by atoms with E-state index in [0.717, 1.165) is 5.56 Å². The third-order valence-corrected chi connectivity index (χ3v) is 3.19. The highest BCUT2D eigenvalue weighted by Crippen LogP contribution is 2.18. The maximum absolute atomic E-state index is 14.1. The van der Waals surface area contributed by atoms with Crippen molar-refractivity contribution in [1.29, 1.82) is 0 Å². The lowest BCUT2D eigenvalue weighted by Crippen LogP contribution is -2.39. The highest BCUT2D eigenvalue weighted by atomic mass is 19.1. The molecule has 0 aliphatic heterocycles. The first kappa shape index (κ1) is 15.2. The van der Waals surface area contributed by atoms with E-state index in [1.54, 1.807) is 24.5 Å². The zero-order chi connectivity index (χ0) is 15.6. The molecular formula is C15H19FN4O. The van der Waals surface area contributed by atoms with Gasteiger partial charge in [-0.1, -0.05) is 13.8 Å². The number of nitrogens with zero attached hydrogens (tertiary/aromatic N) is 2. The predicted octanol–water partition coefficient (Wildman–Crippen LogP) is 2.24. The van der Waals surface area contributed by atoms with Gasteiger partial charge in [-0.05, 0) is 36.6 Å². The summed E-state index contributed by atoms with van der Waals surface area (Å²) in [6.45, 7) is 5.59. The van der Waals surface area contributed by atoms with Gasteiger partial charge in [0.25, 0.3) is 0 Å². The number of benzene rings is 1. The molecule has 0 saturated heterocycles. The second-order valence-corrected chi connectivity index (χ2v) is 5.39. The summed E-state index contributed by atoms with van der Waals surface area (Å²) in [5.74, 6) is -0.776. The van der Waals surface area contributed by atoms with Gasteiger partial charge in [0.15, 0.2) is 5.82 Å². The number of hydrogen-bond acceptors (Lipinski definition) is 3. The summed E-state index contributed by atoms with van der Waals surface area (Å²) >= 11 is 0. The molecule has 0 aliphatic carbocycles. The number of carbonyl (C=O) groups is 1. The maximum Gasteiger partial charge on any atom is 0.241 e. The molecule has 2 rings (SSSR count). The molecule has 0 fully saturated rings.